The van der Waals surface area contributed by atoms with Gasteiger partial charge in [-0.1, -0.05) is 192 Å². The van der Waals surface area contributed by atoms with Gasteiger partial charge in [-0.3, -0.25) is 18.6 Å². The van der Waals surface area contributed by atoms with E-state index in [4.69, 9.17) is 13.8 Å². The second-order valence-corrected chi connectivity index (χ2v) is 20.5. The fourth-order valence-electron chi connectivity index (χ4n) is 7.37. The molecule has 0 spiro atoms. The largest absolute Gasteiger partial charge is 0.472 e. The van der Waals surface area contributed by atoms with Gasteiger partial charge < -0.3 is 19.4 Å². The van der Waals surface area contributed by atoms with Gasteiger partial charge in [-0.2, -0.15) is 0 Å². The van der Waals surface area contributed by atoms with E-state index in [0.29, 0.717) is 17.4 Å². The van der Waals surface area contributed by atoms with Crippen molar-refractivity contribution < 1.29 is 37.3 Å². The third-order valence-corrected chi connectivity index (χ3v) is 12.5. The van der Waals surface area contributed by atoms with Crippen LogP contribution in [0, 0.1) is 0 Å². The molecule has 0 aliphatic heterocycles. The number of rotatable bonds is 47. The average Bonchev–Trinajstić information content (AvgIpc) is 3.25. The molecule has 1 amide bonds. The molecular weight excluding hydrogens is 820 g/mol. The van der Waals surface area contributed by atoms with Crippen molar-refractivity contribution in [3.05, 3.63) is 48.6 Å². The zero-order chi connectivity index (χ0) is 47.3. The molecule has 0 bridgehead atoms. The Balaban J connectivity index is 5.44. The summed E-state index contributed by atoms with van der Waals surface area (Å²) in [6.07, 6.45) is 52.4. The fourth-order valence-corrected chi connectivity index (χ4v) is 8.10. The topological polar surface area (TPSA) is 111 Å². The molecule has 0 aliphatic rings. The van der Waals surface area contributed by atoms with Crippen LogP contribution in [0.25, 0.3) is 0 Å². The zero-order valence-electron chi connectivity index (χ0n) is 42.5. The molecule has 3 unspecified atom stereocenters. The van der Waals surface area contributed by atoms with Gasteiger partial charge in [-0.25, -0.2) is 4.57 Å². The van der Waals surface area contributed by atoms with E-state index in [1.807, 2.05) is 33.3 Å². The van der Waals surface area contributed by atoms with Crippen LogP contribution in [0.3, 0.4) is 0 Å². The molecule has 2 N–H and O–H groups in total. The van der Waals surface area contributed by atoms with Crippen LogP contribution in [-0.2, 0) is 27.9 Å². The van der Waals surface area contributed by atoms with Crippen molar-refractivity contribution in [2.45, 2.75) is 245 Å². The maximum atomic E-state index is 13.4. The molecule has 374 valence electrons. The van der Waals surface area contributed by atoms with Crippen LogP contribution in [-0.4, -0.2) is 74.3 Å². The van der Waals surface area contributed by atoms with Gasteiger partial charge in [-0.15, -0.1) is 0 Å². The number of hydrogen-bond acceptors (Lipinski definition) is 6. The van der Waals surface area contributed by atoms with Crippen LogP contribution in [0.1, 0.15) is 233 Å². The predicted molar refractivity (Wildman–Crippen MR) is 272 cm³/mol. The fraction of sp³-hybridized carbons (Fsp3) is 0.815. The van der Waals surface area contributed by atoms with Crippen LogP contribution in [0.2, 0.25) is 0 Å². The Morgan fingerprint density at radius 2 is 1.02 bits per heavy atom. The number of esters is 1. The molecular formula is C54H102N2O7P+. The van der Waals surface area contributed by atoms with E-state index in [-0.39, 0.29) is 31.5 Å². The molecule has 0 fully saturated rings. The first kappa shape index (κ1) is 62.0. The van der Waals surface area contributed by atoms with Crippen LogP contribution in [0.4, 0.5) is 0 Å². The number of hydrogen-bond donors (Lipinski definition) is 2. The van der Waals surface area contributed by atoms with E-state index in [9.17, 15) is 19.0 Å². The number of ether oxygens (including phenoxy) is 1. The number of carbonyl (C=O) groups excluding carboxylic acids is 2. The zero-order valence-corrected chi connectivity index (χ0v) is 43.4. The molecule has 0 saturated heterocycles. The Kier molecular flexibility index (Phi) is 43.4. The molecule has 0 aromatic rings. The van der Waals surface area contributed by atoms with Crippen LogP contribution < -0.4 is 5.32 Å². The standard InChI is InChI=1S/C54H101N2O7P/c1-7-10-13-16-19-22-25-27-29-32-34-37-40-43-46-53(57)55-51(50-62-64(59,60)61-49-48-56(4,5)6)52(45-42-39-36-33-31-28-26-23-20-17-14-11-8-2)63-54(58)47-44-41-38-35-30-24-21-18-15-12-9-3/h10,13,18-19,21-22,42,45,51-52H,7-9,11-12,14-17,20,23-41,43-44,46-50H2,1-6H3,(H-,55,57,59,60)/p+1/b13-10+,21-18-,22-19+,45-42+. The number of quaternary nitrogens is 1. The summed E-state index contributed by atoms with van der Waals surface area (Å²) in [7, 11) is 1.48. The van der Waals surface area contributed by atoms with E-state index in [1.54, 1.807) is 0 Å². The molecule has 0 saturated carbocycles. The molecule has 0 radical (unpaired) electrons. The third-order valence-electron chi connectivity index (χ3n) is 11.5. The maximum Gasteiger partial charge on any atom is 0.472 e. The van der Waals surface area contributed by atoms with E-state index in [2.05, 4.69) is 62.5 Å². The Hall–Kier alpha value is -2.03. The minimum Gasteiger partial charge on any atom is -0.456 e. The lowest BCUT2D eigenvalue weighted by Crippen LogP contribution is -2.47. The summed E-state index contributed by atoms with van der Waals surface area (Å²) in [5.74, 6) is -0.526. The minimum absolute atomic E-state index is 0.0369. The van der Waals surface area contributed by atoms with Crippen molar-refractivity contribution in [3.8, 4) is 0 Å². The first-order valence-electron chi connectivity index (χ1n) is 26.5. The van der Waals surface area contributed by atoms with Gasteiger partial charge in [-0.05, 0) is 76.7 Å². The molecule has 0 aromatic heterocycles. The molecule has 0 heterocycles. The van der Waals surface area contributed by atoms with E-state index in [0.717, 1.165) is 109 Å². The first-order chi connectivity index (χ1) is 30.9. The van der Waals surface area contributed by atoms with Gasteiger partial charge in [0.1, 0.15) is 19.3 Å². The third kappa shape index (κ3) is 45.1. The van der Waals surface area contributed by atoms with Crippen LogP contribution in [0.15, 0.2) is 48.6 Å². The molecule has 10 heteroatoms. The molecule has 0 aromatic carbocycles. The number of nitrogens with zero attached hydrogens (tertiary/aromatic N) is 1. The van der Waals surface area contributed by atoms with Crippen LogP contribution in [0.5, 0.6) is 0 Å². The summed E-state index contributed by atoms with van der Waals surface area (Å²) >= 11 is 0. The summed E-state index contributed by atoms with van der Waals surface area (Å²) < 4.78 is 30.5. The lowest BCUT2D eigenvalue weighted by atomic mass is 10.0. The highest BCUT2D eigenvalue weighted by Crippen LogP contribution is 2.43. The highest BCUT2D eigenvalue weighted by atomic mass is 31.2. The number of carbonyl (C=O) groups is 2. The maximum absolute atomic E-state index is 13.4. The lowest BCUT2D eigenvalue weighted by Gasteiger charge is -2.27. The summed E-state index contributed by atoms with van der Waals surface area (Å²) in [5.41, 5.74) is 0. The second kappa shape index (κ2) is 44.8. The Bertz CT molecular complexity index is 1240. The SMILES string of the molecule is CC/C=C/C/C=C/CCCCCCCCCC(=O)NC(COP(=O)(O)OCC[N+](C)(C)C)C(/C=C/CCCCCCCCCCCCC)OC(=O)CCCCCCC/C=C\CCCC. The van der Waals surface area contributed by atoms with E-state index >= 15 is 0 Å². The van der Waals surface area contributed by atoms with Gasteiger partial charge in [0.15, 0.2) is 0 Å². The van der Waals surface area contributed by atoms with Crippen molar-refractivity contribution in [1.82, 2.24) is 5.32 Å². The molecule has 0 rings (SSSR count). The summed E-state index contributed by atoms with van der Waals surface area (Å²) in [4.78, 5) is 37.4. The Labute approximate surface area is 395 Å². The van der Waals surface area contributed by atoms with E-state index in [1.165, 1.54) is 89.9 Å². The van der Waals surface area contributed by atoms with Crippen LogP contribution >= 0.6 is 7.82 Å². The minimum atomic E-state index is -4.44. The van der Waals surface area contributed by atoms with Crippen molar-refractivity contribution in [2.24, 2.45) is 0 Å². The summed E-state index contributed by atoms with van der Waals surface area (Å²) in [5, 5.41) is 3.03. The molecule has 3 atom stereocenters. The van der Waals surface area contributed by atoms with Gasteiger partial charge in [0.05, 0.1) is 33.8 Å². The van der Waals surface area contributed by atoms with Crippen molar-refractivity contribution >= 4 is 19.7 Å². The number of likely N-dealkylation sites (N-methyl/N-ethyl adjacent to an activating group) is 1. The quantitative estimate of drug-likeness (QED) is 0.0206. The van der Waals surface area contributed by atoms with Gasteiger partial charge in [0, 0.05) is 12.8 Å². The summed E-state index contributed by atoms with van der Waals surface area (Å²) in [6, 6.07) is -0.852. The molecule has 64 heavy (non-hydrogen) atoms. The van der Waals surface area contributed by atoms with Crippen molar-refractivity contribution in [1.29, 1.82) is 0 Å². The number of allylic oxidation sites excluding steroid dienone is 7. The van der Waals surface area contributed by atoms with Crippen molar-refractivity contribution in [3.63, 3.8) is 0 Å². The average molecular weight is 922 g/mol. The molecule has 9 nitrogen and oxygen atoms in total. The highest BCUT2D eigenvalue weighted by Gasteiger charge is 2.30. The van der Waals surface area contributed by atoms with Gasteiger partial charge >= 0.3 is 13.8 Å². The first-order valence-corrected chi connectivity index (χ1v) is 28.0. The second-order valence-electron chi connectivity index (χ2n) is 19.0. The number of unbranched alkanes of at least 4 members (excludes halogenated alkanes) is 25. The van der Waals surface area contributed by atoms with Crippen molar-refractivity contribution in [2.75, 3.05) is 40.9 Å². The van der Waals surface area contributed by atoms with E-state index < -0.39 is 20.0 Å². The number of nitrogens with one attached hydrogen (secondary N) is 1. The molecule has 0 aliphatic carbocycles. The lowest BCUT2D eigenvalue weighted by molar-refractivity contribution is -0.870. The Morgan fingerprint density at radius 3 is 1.55 bits per heavy atom. The Morgan fingerprint density at radius 1 is 0.562 bits per heavy atom. The number of phosphoric ester groups is 1. The normalized spacial score (nSPS) is 14.3. The van der Waals surface area contributed by atoms with Gasteiger partial charge in [0.2, 0.25) is 5.91 Å². The number of amides is 1. The summed E-state index contributed by atoms with van der Waals surface area (Å²) in [6.45, 7) is 6.85. The predicted octanol–water partition coefficient (Wildman–Crippen LogP) is 15.4. The highest BCUT2D eigenvalue weighted by molar-refractivity contribution is 7.47. The number of phosphoric acid groups is 1. The van der Waals surface area contributed by atoms with Gasteiger partial charge in [0.25, 0.3) is 0 Å². The smallest absolute Gasteiger partial charge is 0.456 e. The monoisotopic (exact) mass is 922 g/mol.